The van der Waals surface area contributed by atoms with E-state index in [1.54, 1.807) is 0 Å². The molecule has 29 heavy (non-hydrogen) atoms. The van der Waals surface area contributed by atoms with Gasteiger partial charge in [-0.1, -0.05) is 128 Å². The first-order valence-corrected chi connectivity index (χ1v) is 13.7. The van der Waals surface area contributed by atoms with Crippen molar-refractivity contribution < 1.29 is 0 Å². The normalized spacial score (nSPS) is 20.7. The number of unbranched alkanes of at least 4 members (excludes halogenated alkanes) is 1. The van der Waals surface area contributed by atoms with Gasteiger partial charge in [0.25, 0.3) is 0 Å². The Bertz CT molecular complexity index is 397. The van der Waals surface area contributed by atoms with Crippen LogP contribution in [0.25, 0.3) is 0 Å². The fourth-order valence-electron chi connectivity index (χ4n) is 7.95. The summed E-state index contributed by atoms with van der Waals surface area (Å²) in [6.45, 7) is 27.5. The molecule has 0 aliphatic carbocycles. The summed E-state index contributed by atoms with van der Waals surface area (Å²) in [5.41, 5.74) is 0.944. The Morgan fingerprint density at radius 2 is 1.28 bits per heavy atom. The molecule has 0 fully saturated rings. The summed E-state index contributed by atoms with van der Waals surface area (Å²) < 4.78 is 0. The van der Waals surface area contributed by atoms with Gasteiger partial charge in [0.05, 0.1) is 0 Å². The highest BCUT2D eigenvalue weighted by Crippen LogP contribution is 2.60. The second kappa shape index (κ2) is 14.1. The van der Waals surface area contributed by atoms with Gasteiger partial charge in [-0.3, -0.25) is 0 Å². The molecule has 0 aromatic rings. The van der Waals surface area contributed by atoms with Crippen LogP contribution in [0.5, 0.6) is 0 Å². The van der Waals surface area contributed by atoms with Gasteiger partial charge in [-0.2, -0.15) is 0 Å². The molecule has 0 aromatic heterocycles. The molecule has 0 rings (SSSR count). The zero-order chi connectivity index (χ0) is 22.7. The lowest BCUT2D eigenvalue weighted by atomic mass is 9.47. The molecule has 0 amide bonds. The van der Waals surface area contributed by atoms with Crippen LogP contribution in [-0.4, -0.2) is 0 Å². The van der Waals surface area contributed by atoms with Crippen molar-refractivity contribution in [2.24, 2.45) is 40.4 Å². The SMILES string of the molecule is CCCCC(C(C)CCC)C(C)(CC)C(CC)C(CC)(CCC)C(CC)C(C)C. The van der Waals surface area contributed by atoms with Crippen LogP contribution >= 0.6 is 0 Å². The number of hydrogen-bond donors (Lipinski definition) is 0. The minimum atomic E-state index is 0.450. The minimum Gasteiger partial charge on any atom is -0.0654 e. The lowest BCUT2D eigenvalue weighted by Crippen LogP contribution is -2.50. The van der Waals surface area contributed by atoms with Crippen molar-refractivity contribution in [2.45, 2.75) is 147 Å². The fraction of sp³-hybridized carbons (Fsp3) is 1.00. The van der Waals surface area contributed by atoms with Crippen LogP contribution in [0.1, 0.15) is 147 Å². The topological polar surface area (TPSA) is 0 Å². The van der Waals surface area contributed by atoms with Gasteiger partial charge in [0.15, 0.2) is 0 Å². The van der Waals surface area contributed by atoms with Crippen molar-refractivity contribution in [1.29, 1.82) is 0 Å². The average Bonchev–Trinajstić information content (AvgIpc) is 2.68. The number of rotatable bonds is 17. The Morgan fingerprint density at radius 1 is 0.655 bits per heavy atom. The van der Waals surface area contributed by atoms with Gasteiger partial charge in [-0.05, 0) is 59.7 Å². The van der Waals surface area contributed by atoms with Gasteiger partial charge in [-0.15, -0.1) is 0 Å². The van der Waals surface area contributed by atoms with Gasteiger partial charge in [0.1, 0.15) is 0 Å². The predicted molar refractivity (Wildman–Crippen MR) is 136 cm³/mol. The second-order valence-electron chi connectivity index (χ2n) is 10.9. The lowest BCUT2D eigenvalue weighted by Gasteiger charge is -2.58. The van der Waals surface area contributed by atoms with Crippen molar-refractivity contribution in [1.82, 2.24) is 0 Å². The number of hydrogen-bond acceptors (Lipinski definition) is 0. The van der Waals surface area contributed by atoms with Crippen molar-refractivity contribution >= 4 is 0 Å². The van der Waals surface area contributed by atoms with Crippen LogP contribution in [0.2, 0.25) is 0 Å². The highest BCUT2D eigenvalue weighted by molar-refractivity contribution is 5.01. The molecule has 176 valence electrons. The maximum atomic E-state index is 2.72. The third-order valence-electron chi connectivity index (χ3n) is 9.16. The third-order valence-corrected chi connectivity index (χ3v) is 9.16. The molecule has 0 saturated heterocycles. The zero-order valence-corrected chi connectivity index (χ0v) is 22.7. The molecular weight excluding hydrogens is 348 g/mol. The highest BCUT2D eigenvalue weighted by Gasteiger charge is 2.52. The maximum absolute atomic E-state index is 2.72. The first-order chi connectivity index (χ1) is 13.7. The van der Waals surface area contributed by atoms with Crippen LogP contribution in [-0.2, 0) is 0 Å². The molecule has 6 unspecified atom stereocenters. The maximum Gasteiger partial charge on any atom is -0.0236 e. The standard InChI is InChI=1S/C29H60/c1-12-19-21-26(24(10)20-13-2)28(11,17-6)27(16-5)29(18-7,22-14-3)25(15-4)23(8)9/h23-27H,12-22H2,1-11H3. The van der Waals surface area contributed by atoms with E-state index in [9.17, 15) is 0 Å². The van der Waals surface area contributed by atoms with E-state index in [1.165, 1.54) is 70.6 Å². The molecule has 0 heterocycles. The predicted octanol–water partition coefficient (Wildman–Crippen LogP) is 10.6. The van der Waals surface area contributed by atoms with Crippen molar-refractivity contribution in [3.05, 3.63) is 0 Å². The first-order valence-electron chi connectivity index (χ1n) is 13.7. The first kappa shape index (κ1) is 29.0. The van der Waals surface area contributed by atoms with Crippen LogP contribution < -0.4 is 0 Å². The van der Waals surface area contributed by atoms with Gasteiger partial charge in [0.2, 0.25) is 0 Å². The van der Waals surface area contributed by atoms with Crippen molar-refractivity contribution in [3.8, 4) is 0 Å². The van der Waals surface area contributed by atoms with Crippen molar-refractivity contribution in [2.75, 3.05) is 0 Å². The molecule has 0 nitrogen and oxygen atoms in total. The molecule has 6 atom stereocenters. The van der Waals surface area contributed by atoms with E-state index in [1.807, 2.05) is 0 Å². The molecule has 0 aromatic carbocycles. The Kier molecular flexibility index (Phi) is 14.1. The van der Waals surface area contributed by atoms with E-state index in [4.69, 9.17) is 0 Å². The van der Waals surface area contributed by atoms with Crippen LogP contribution in [0, 0.1) is 40.4 Å². The fourth-order valence-corrected chi connectivity index (χ4v) is 7.95. The molecule has 0 bridgehead atoms. The average molecular weight is 409 g/mol. The summed E-state index contributed by atoms with van der Waals surface area (Å²) in [5.74, 6) is 4.17. The molecule has 0 aliphatic heterocycles. The second-order valence-corrected chi connectivity index (χ2v) is 10.9. The molecule has 0 saturated carbocycles. The van der Waals surface area contributed by atoms with Crippen molar-refractivity contribution in [3.63, 3.8) is 0 Å². The Labute approximate surface area is 187 Å². The van der Waals surface area contributed by atoms with E-state index in [0.29, 0.717) is 10.8 Å². The molecule has 0 radical (unpaired) electrons. The lowest BCUT2D eigenvalue weighted by molar-refractivity contribution is -0.0888. The van der Waals surface area contributed by atoms with E-state index in [2.05, 4.69) is 76.2 Å². The summed E-state index contributed by atoms with van der Waals surface area (Å²) >= 11 is 0. The van der Waals surface area contributed by atoms with Gasteiger partial charge in [-0.25, -0.2) is 0 Å². The summed E-state index contributed by atoms with van der Waals surface area (Å²) in [4.78, 5) is 0. The van der Waals surface area contributed by atoms with Crippen LogP contribution in [0.4, 0.5) is 0 Å². The summed E-state index contributed by atoms with van der Waals surface area (Å²) in [7, 11) is 0. The molecule has 0 heteroatoms. The quantitative estimate of drug-likeness (QED) is 0.224. The summed E-state index contributed by atoms with van der Waals surface area (Å²) in [6.07, 6.45) is 15.0. The molecular formula is C29H60. The Morgan fingerprint density at radius 3 is 1.62 bits per heavy atom. The minimum absolute atomic E-state index is 0.450. The van der Waals surface area contributed by atoms with Gasteiger partial charge < -0.3 is 0 Å². The summed E-state index contributed by atoms with van der Waals surface area (Å²) in [6, 6.07) is 0. The highest BCUT2D eigenvalue weighted by atomic mass is 14.6. The molecule has 0 N–H and O–H groups in total. The van der Waals surface area contributed by atoms with Gasteiger partial charge >= 0.3 is 0 Å². The Hall–Kier alpha value is 0. The van der Waals surface area contributed by atoms with Crippen LogP contribution in [0.3, 0.4) is 0 Å². The monoisotopic (exact) mass is 408 g/mol. The van der Waals surface area contributed by atoms with E-state index in [0.717, 1.165) is 29.6 Å². The van der Waals surface area contributed by atoms with Crippen LogP contribution in [0.15, 0.2) is 0 Å². The smallest absolute Gasteiger partial charge is 0.0236 e. The van der Waals surface area contributed by atoms with E-state index in [-0.39, 0.29) is 0 Å². The Balaban J connectivity index is 6.52. The summed E-state index contributed by atoms with van der Waals surface area (Å²) in [5, 5.41) is 0. The molecule has 0 spiro atoms. The van der Waals surface area contributed by atoms with E-state index < -0.39 is 0 Å². The largest absolute Gasteiger partial charge is 0.0654 e. The zero-order valence-electron chi connectivity index (χ0n) is 22.7. The molecule has 0 aliphatic rings. The van der Waals surface area contributed by atoms with Gasteiger partial charge in [0, 0.05) is 0 Å². The third kappa shape index (κ3) is 6.74. The van der Waals surface area contributed by atoms with E-state index >= 15 is 0 Å².